The van der Waals surface area contributed by atoms with Gasteiger partial charge in [-0.25, -0.2) is 0 Å². The molecule has 0 bridgehead atoms. The summed E-state index contributed by atoms with van der Waals surface area (Å²) < 4.78 is 12.9. The first-order valence-electron chi connectivity index (χ1n) is 12.1. The maximum Gasteiger partial charge on any atom is 0.266 e. The molecule has 4 rings (SSSR count). The first-order valence-corrected chi connectivity index (χ1v) is 13.8. The van der Waals surface area contributed by atoms with Crippen LogP contribution in [0.25, 0.3) is 16.8 Å². The number of fused-ring (bicyclic) bond motifs is 1. The van der Waals surface area contributed by atoms with Crippen molar-refractivity contribution in [1.82, 2.24) is 4.90 Å². The van der Waals surface area contributed by atoms with E-state index in [9.17, 15) is 4.79 Å². The summed E-state index contributed by atoms with van der Waals surface area (Å²) >= 11 is 5.08. The third-order valence-corrected chi connectivity index (χ3v) is 7.13. The van der Waals surface area contributed by atoms with Crippen molar-refractivity contribution in [2.24, 2.45) is 4.99 Å². The fraction of sp³-hybridized carbons (Fsp3) is 0.310. The van der Waals surface area contributed by atoms with Crippen LogP contribution in [0, 0.1) is 0 Å². The summed E-state index contributed by atoms with van der Waals surface area (Å²) in [5, 5.41) is 3.13. The number of aliphatic imine (C=N–C) groups is 1. The number of halogens is 1. The van der Waals surface area contributed by atoms with Crippen molar-refractivity contribution in [1.29, 1.82) is 0 Å². The molecule has 0 aliphatic carbocycles. The first-order chi connectivity index (χ1) is 17.3. The maximum atomic E-state index is 13.1. The van der Waals surface area contributed by atoms with Gasteiger partial charge in [0.2, 0.25) is 0 Å². The maximum absolute atomic E-state index is 13.1. The summed E-state index contributed by atoms with van der Waals surface area (Å²) in [5.74, 6) is 1.25. The van der Waals surface area contributed by atoms with E-state index in [-0.39, 0.29) is 18.0 Å². The Kier molecular flexibility index (Phi) is 8.42. The van der Waals surface area contributed by atoms with Crippen LogP contribution in [-0.2, 0) is 11.4 Å². The molecule has 0 N–H and O–H groups in total. The molecule has 0 aromatic heterocycles. The van der Waals surface area contributed by atoms with Gasteiger partial charge in [0.1, 0.15) is 6.61 Å². The zero-order chi connectivity index (χ0) is 25.8. The van der Waals surface area contributed by atoms with Gasteiger partial charge in [0.15, 0.2) is 16.7 Å². The summed E-state index contributed by atoms with van der Waals surface area (Å²) in [6.45, 7) is 10.9. The number of ether oxygens (including phenoxy) is 2. The number of benzene rings is 3. The van der Waals surface area contributed by atoms with E-state index in [1.165, 1.54) is 22.5 Å². The molecule has 7 heteroatoms. The molecule has 0 spiro atoms. The fourth-order valence-corrected chi connectivity index (χ4v) is 5.77. The molecule has 188 valence electrons. The lowest BCUT2D eigenvalue weighted by Gasteiger charge is -2.20. The SMILES string of the molecule is CCOc1cc(/C=C2/SC(=NC(C)C)N(C(C)C)C2=O)cc(Br)c1OCc1ccc2ccccc2c1. The Labute approximate surface area is 225 Å². The van der Waals surface area contributed by atoms with Crippen LogP contribution in [0.5, 0.6) is 11.5 Å². The molecule has 3 aromatic carbocycles. The topological polar surface area (TPSA) is 51.1 Å². The van der Waals surface area contributed by atoms with E-state index < -0.39 is 0 Å². The minimum atomic E-state index is -0.0277. The van der Waals surface area contributed by atoms with Gasteiger partial charge in [-0.2, -0.15) is 0 Å². The highest BCUT2D eigenvalue weighted by Gasteiger charge is 2.35. The van der Waals surface area contributed by atoms with Gasteiger partial charge in [-0.3, -0.25) is 14.7 Å². The van der Waals surface area contributed by atoms with Crippen LogP contribution in [0.1, 0.15) is 45.7 Å². The monoisotopic (exact) mass is 566 g/mol. The van der Waals surface area contributed by atoms with E-state index in [0.29, 0.717) is 29.6 Å². The van der Waals surface area contributed by atoms with Gasteiger partial charge >= 0.3 is 0 Å². The Morgan fingerprint density at radius 2 is 1.78 bits per heavy atom. The second-order valence-corrected chi connectivity index (χ2v) is 11.0. The van der Waals surface area contributed by atoms with Crippen molar-refractivity contribution in [2.75, 3.05) is 6.61 Å². The molecule has 0 radical (unpaired) electrons. The molecule has 1 aliphatic rings. The predicted molar refractivity (Wildman–Crippen MR) is 154 cm³/mol. The lowest BCUT2D eigenvalue weighted by molar-refractivity contribution is -0.123. The highest BCUT2D eigenvalue weighted by Crippen LogP contribution is 2.40. The van der Waals surface area contributed by atoms with Crippen molar-refractivity contribution in [2.45, 2.75) is 53.3 Å². The van der Waals surface area contributed by atoms with Crippen LogP contribution < -0.4 is 9.47 Å². The summed E-state index contributed by atoms with van der Waals surface area (Å²) in [7, 11) is 0. The highest BCUT2D eigenvalue weighted by molar-refractivity contribution is 9.10. The summed E-state index contributed by atoms with van der Waals surface area (Å²) in [6.07, 6.45) is 1.89. The molecule has 1 amide bonds. The van der Waals surface area contributed by atoms with Crippen molar-refractivity contribution < 1.29 is 14.3 Å². The zero-order valence-electron chi connectivity index (χ0n) is 21.2. The van der Waals surface area contributed by atoms with Crippen LogP contribution >= 0.6 is 27.7 Å². The summed E-state index contributed by atoms with van der Waals surface area (Å²) in [4.78, 5) is 20.2. The number of rotatable bonds is 8. The van der Waals surface area contributed by atoms with E-state index in [1.807, 2.05) is 65.0 Å². The second-order valence-electron chi connectivity index (χ2n) is 9.12. The van der Waals surface area contributed by atoms with Gasteiger partial charge in [0.05, 0.1) is 16.0 Å². The minimum Gasteiger partial charge on any atom is -0.490 e. The fourth-order valence-electron chi connectivity index (χ4n) is 3.96. The molecule has 0 atom stereocenters. The smallest absolute Gasteiger partial charge is 0.266 e. The van der Waals surface area contributed by atoms with Gasteiger partial charge in [0.25, 0.3) is 5.91 Å². The molecule has 1 fully saturated rings. The molecule has 5 nitrogen and oxygen atoms in total. The standard InChI is InChI=1S/C29H31BrN2O3S/c1-6-34-25-15-21(16-26-28(33)32(19(4)5)29(36-26)31-18(2)3)14-24(30)27(25)35-17-20-11-12-22-9-7-8-10-23(22)13-20/h7-16,18-19H,6,17H2,1-5H3/b26-16+,31-29?. The quantitative estimate of drug-likeness (QED) is 0.262. The Morgan fingerprint density at radius 1 is 1.03 bits per heavy atom. The van der Waals surface area contributed by atoms with Gasteiger partial charge in [-0.1, -0.05) is 36.4 Å². The number of carbonyl (C=O) groups is 1. The number of thioether (sulfide) groups is 1. The molecule has 1 saturated heterocycles. The van der Waals surface area contributed by atoms with Gasteiger partial charge in [-0.05, 0) is 108 Å². The van der Waals surface area contributed by atoms with E-state index in [0.717, 1.165) is 20.8 Å². The Morgan fingerprint density at radius 3 is 2.47 bits per heavy atom. The number of amides is 1. The zero-order valence-corrected chi connectivity index (χ0v) is 23.7. The van der Waals surface area contributed by atoms with E-state index in [4.69, 9.17) is 9.47 Å². The van der Waals surface area contributed by atoms with E-state index in [2.05, 4.69) is 51.3 Å². The molecular weight excluding hydrogens is 536 g/mol. The van der Waals surface area contributed by atoms with Gasteiger partial charge in [0, 0.05) is 12.1 Å². The second kappa shape index (κ2) is 11.5. The largest absolute Gasteiger partial charge is 0.490 e. The molecular formula is C29H31BrN2O3S. The van der Waals surface area contributed by atoms with Crippen molar-refractivity contribution >= 4 is 55.6 Å². The van der Waals surface area contributed by atoms with Crippen LogP contribution in [-0.4, -0.2) is 34.7 Å². The third kappa shape index (κ3) is 5.95. The number of carbonyl (C=O) groups excluding carboxylic acids is 1. The lowest BCUT2D eigenvalue weighted by Crippen LogP contribution is -2.35. The van der Waals surface area contributed by atoms with Crippen molar-refractivity contribution in [3.05, 3.63) is 75.1 Å². The lowest BCUT2D eigenvalue weighted by atomic mass is 10.1. The average Bonchev–Trinajstić information content (AvgIpc) is 3.12. The van der Waals surface area contributed by atoms with Crippen LogP contribution in [0.3, 0.4) is 0 Å². The van der Waals surface area contributed by atoms with Crippen molar-refractivity contribution in [3.8, 4) is 11.5 Å². The van der Waals surface area contributed by atoms with E-state index in [1.54, 1.807) is 4.90 Å². The van der Waals surface area contributed by atoms with Crippen molar-refractivity contribution in [3.63, 3.8) is 0 Å². The number of hydrogen-bond donors (Lipinski definition) is 0. The predicted octanol–water partition coefficient (Wildman–Crippen LogP) is 7.67. The van der Waals surface area contributed by atoms with Crippen LogP contribution in [0.2, 0.25) is 0 Å². The van der Waals surface area contributed by atoms with Gasteiger partial charge < -0.3 is 9.47 Å². The van der Waals surface area contributed by atoms with Crippen LogP contribution in [0.4, 0.5) is 0 Å². The summed E-state index contributed by atoms with van der Waals surface area (Å²) in [6, 6.07) is 18.6. The normalized spacial score (nSPS) is 16.2. The number of nitrogens with zero attached hydrogens (tertiary/aromatic N) is 2. The highest BCUT2D eigenvalue weighted by atomic mass is 79.9. The minimum absolute atomic E-state index is 0.0277. The average molecular weight is 568 g/mol. The first kappa shape index (κ1) is 26.3. The Bertz CT molecular complexity index is 1330. The number of hydrogen-bond acceptors (Lipinski definition) is 5. The summed E-state index contributed by atoms with van der Waals surface area (Å²) in [5.41, 5.74) is 1.93. The number of amidine groups is 1. The van der Waals surface area contributed by atoms with E-state index >= 15 is 0 Å². The molecule has 36 heavy (non-hydrogen) atoms. The molecule has 1 aliphatic heterocycles. The molecule has 3 aromatic rings. The Balaban J connectivity index is 1.61. The van der Waals surface area contributed by atoms with Gasteiger partial charge in [-0.15, -0.1) is 0 Å². The third-order valence-electron chi connectivity index (χ3n) is 5.55. The molecule has 0 saturated carbocycles. The van der Waals surface area contributed by atoms with Crippen LogP contribution in [0.15, 0.2) is 69.0 Å². The molecule has 1 heterocycles. The Hall–Kier alpha value is -2.77. The molecule has 0 unspecified atom stereocenters.